The molecule has 0 bridgehead atoms. The van der Waals surface area contributed by atoms with Gasteiger partial charge in [0.15, 0.2) is 0 Å². The Balaban J connectivity index is 1.76. The van der Waals surface area contributed by atoms with Crippen LogP contribution in [0.15, 0.2) is 12.1 Å². The maximum atomic E-state index is 12.4. The third-order valence-electron chi connectivity index (χ3n) is 4.53. The van der Waals surface area contributed by atoms with E-state index >= 15 is 0 Å². The molecule has 1 aromatic heterocycles. The van der Waals surface area contributed by atoms with Crippen molar-refractivity contribution in [3.05, 3.63) is 33.4 Å². The van der Waals surface area contributed by atoms with E-state index in [9.17, 15) is 18.0 Å². The van der Waals surface area contributed by atoms with Gasteiger partial charge in [0.05, 0.1) is 11.4 Å². The summed E-state index contributed by atoms with van der Waals surface area (Å²) in [7, 11) is 0. The summed E-state index contributed by atoms with van der Waals surface area (Å²) in [4.78, 5) is 15.3. The molecular formula is C17H17Cl2F3N2O. The molecule has 1 aliphatic rings. The zero-order valence-electron chi connectivity index (χ0n) is 13.4. The second-order valence-corrected chi connectivity index (χ2v) is 7.40. The van der Waals surface area contributed by atoms with Gasteiger partial charge in [-0.25, -0.2) is 0 Å². The van der Waals surface area contributed by atoms with Gasteiger partial charge in [0, 0.05) is 33.6 Å². The van der Waals surface area contributed by atoms with E-state index in [1.807, 2.05) is 0 Å². The predicted molar refractivity (Wildman–Crippen MR) is 92.1 cm³/mol. The number of halogens is 5. The maximum absolute atomic E-state index is 12.4. The molecule has 8 heteroatoms. The highest BCUT2D eigenvalue weighted by atomic mass is 35.5. The molecule has 0 radical (unpaired) electrons. The standard InChI is InChI=1S/C17H17Cl2F3N2O/c1-8(7-17(20,21)22)16(25)23-10-2-3-13-11(6-10)15-12(19)4-9(18)5-14(15)24-13/h4-5,8,10,24H,2-3,6-7H2,1H3,(H,23,25)/t8-,10-/m1/s1. The molecule has 2 aromatic rings. The summed E-state index contributed by atoms with van der Waals surface area (Å²) in [5, 5.41) is 4.66. The highest BCUT2D eigenvalue weighted by Gasteiger charge is 2.34. The zero-order chi connectivity index (χ0) is 18.4. The number of hydrogen-bond donors (Lipinski definition) is 2. The summed E-state index contributed by atoms with van der Waals surface area (Å²) in [6.07, 6.45) is -3.58. The molecule has 0 spiro atoms. The molecule has 0 fully saturated rings. The van der Waals surface area contributed by atoms with Crippen molar-refractivity contribution < 1.29 is 18.0 Å². The van der Waals surface area contributed by atoms with Gasteiger partial charge in [-0.1, -0.05) is 30.1 Å². The third kappa shape index (κ3) is 4.06. The predicted octanol–water partition coefficient (Wildman–Crippen LogP) is 5.04. The van der Waals surface area contributed by atoms with Gasteiger partial charge in [0.2, 0.25) is 5.91 Å². The van der Waals surface area contributed by atoms with Crippen molar-refractivity contribution in [1.29, 1.82) is 0 Å². The van der Waals surface area contributed by atoms with Gasteiger partial charge in [0.1, 0.15) is 0 Å². The molecule has 0 saturated carbocycles. The van der Waals surface area contributed by atoms with Gasteiger partial charge in [-0.05, 0) is 37.0 Å². The quantitative estimate of drug-likeness (QED) is 0.755. The highest BCUT2D eigenvalue weighted by molar-refractivity contribution is 6.38. The Morgan fingerprint density at radius 1 is 1.40 bits per heavy atom. The summed E-state index contributed by atoms with van der Waals surface area (Å²) >= 11 is 12.3. The minimum absolute atomic E-state index is 0.207. The molecule has 2 atom stereocenters. The first-order valence-corrected chi connectivity index (χ1v) is 8.75. The van der Waals surface area contributed by atoms with E-state index in [1.54, 1.807) is 12.1 Å². The molecule has 1 amide bonds. The summed E-state index contributed by atoms with van der Waals surface area (Å²) in [5.41, 5.74) is 2.87. The molecule has 25 heavy (non-hydrogen) atoms. The molecule has 2 N–H and O–H groups in total. The Hall–Kier alpha value is -1.40. The molecular weight excluding hydrogens is 376 g/mol. The number of alkyl halides is 3. The lowest BCUT2D eigenvalue weighted by atomic mass is 9.91. The van der Waals surface area contributed by atoms with E-state index in [4.69, 9.17) is 23.2 Å². The van der Waals surface area contributed by atoms with E-state index in [0.717, 1.165) is 22.2 Å². The second kappa shape index (κ2) is 6.72. The van der Waals surface area contributed by atoms with Crippen LogP contribution >= 0.6 is 23.2 Å². The van der Waals surface area contributed by atoms with Crippen molar-refractivity contribution in [3.63, 3.8) is 0 Å². The first-order valence-electron chi connectivity index (χ1n) is 7.99. The van der Waals surface area contributed by atoms with Crippen LogP contribution in [-0.2, 0) is 17.6 Å². The first-order chi connectivity index (χ1) is 11.6. The van der Waals surface area contributed by atoms with Gasteiger partial charge >= 0.3 is 6.18 Å². The van der Waals surface area contributed by atoms with Crippen molar-refractivity contribution in [2.75, 3.05) is 0 Å². The van der Waals surface area contributed by atoms with Gasteiger partial charge in [-0.3, -0.25) is 4.79 Å². The van der Waals surface area contributed by atoms with Crippen LogP contribution in [0.4, 0.5) is 13.2 Å². The SMILES string of the molecule is C[C@H](CC(F)(F)F)C(=O)N[C@@H]1CCc2[nH]c3cc(Cl)cc(Cl)c3c2C1. The smallest absolute Gasteiger partial charge is 0.358 e. The molecule has 136 valence electrons. The average Bonchev–Trinajstić information content (AvgIpc) is 2.82. The molecule has 0 saturated heterocycles. The van der Waals surface area contributed by atoms with Crippen molar-refractivity contribution in [2.45, 2.75) is 44.8 Å². The van der Waals surface area contributed by atoms with Crippen LogP contribution in [-0.4, -0.2) is 23.1 Å². The lowest BCUT2D eigenvalue weighted by Crippen LogP contribution is -2.42. The molecule has 1 aromatic carbocycles. The largest absolute Gasteiger partial charge is 0.389 e. The molecule has 1 aliphatic carbocycles. The lowest BCUT2D eigenvalue weighted by Gasteiger charge is -2.25. The fraction of sp³-hybridized carbons (Fsp3) is 0.471. The number of aromatic nitrogens is 1. The van der Waals surface area contributed by atoms with Crippen molar-refractivity contribution in [1.82, 2.24) is 10.3 Å². The Morgan fingerprint density at radius 3 is 2.80 bits per heavy atom. The number of H-pyrrole nitrogens is 1. The minimum atomic E-state index is -4.35. The van der Waals surface area contributed by atoms with Crippen LogP contribution in [0.2, 0.25) is 10.0 Å². The van der Waals surface area contributed by atoms with Crippen LogP contribution in [0, 0.1) is 5.92 Å². The Morgan fingerprint density at radius 2 is 2.12 bits per heavy atom. The van der Waals surface area contributed by atoms with Gasteiger partial charge in [-0.15, -0.1) is 0 Å². The minimum Gasteiger partial charge on any atom is -0.358 e. The number of hydrogen-bond acceptors (Lipinski definition) is 1. The van der Waals surface area contributed by atoms with Crippen LogP contribution < -0.4 is 5.32 Å². The monoisotopic (exact) mass is 392 g/mol. The van der Waals surface area contributed by atoms with E-state index in [2.05, 4.69) is 10.3 Å². The maximum Gasteiger partial charge on any atom is 0.389 e. The van der Waals surface area contributed by atoms with E-state index < -0.39 is 24.4 Å². The number of carbonyl (C=O) groups is 1. The normalized spacial score (nSPS) is 18.9. The summed E-state index contributed by atoms with van der Waals surface area (Å²) in [6.45, 7) is 1.29. The summed E-state index contributed by atoms with van der Waals surface area (Å²) in [5.74, 6) is -1.67. The van der Waals surface area contributed by atoms with Crippen LogP contribution in [0.5, 0.6) is 0 Å². The molecule has 0 unspecified atom stereocenters. The summed E-state index contributed by atoms with van der Waals surface area (Å²) in [6, 6.07) is 3.24. The summed E-state index contributed by atoms with van der Waals surface area (Å²) < 4.78 is 37.3. The van der Waals surface area contributed by atoms with Crippen LogP contribution in [0.1, 0.15) is 31.0 Å². The third-order valence-corrected chi connectivity index (χ3v) is 5.05. The fourth-order valence-corrected chi connectivity index (χ4v) is 3.99. The van der Waals surface area contributed by atoms with Gasteiger partial charge in [-0.2, -0.15) is 13.2 Å². The molecule has 1 heterocycles. The topological polar surface area (TPSA) is 44.9 Å². The Bertz CT molecular complexity index is 816. The van der Waals surface area contributed by atoms with E-state index in [1.165, 1.54) is 6.92 Å². The molecule has 0 aliphatic heterocycles. The van der Waals surface area contributed by atoms with Crippen LogP contribution in [0.3, 0.4) is 0 Å². The highest BCUT2D eigenvalue weighted by Crippen LogP contribution is 2.36. The fourth-order valence-electron chi connectivity index (χ4n) is 3.38. The number of amides is 1. The van der Waals surface area contributed by atoms with Crippen molar-refractivity contribution in [3.8, 4) is 0 Å². The second-order valence-electron chi connectivity index (χ2n) is 6.56. The number of benzene rings is 1. The average molecular weight is 393 g/mol. The Labute approximate surface area is 152 Å². The Kier molecular flexibility index (Phi) is 4.95. The number of aromatic amines is 1. The molecule has 3 nitrogen and oxygen atoms in total. The van der Waals surface area contributed by atoms with E-state index in [0.29, 0.717) is 29.3 Å². The van der Waals surface area contributed by atoms with Crippen molar-refractivity contribution >= 4 is 40.0 Å². The van der Waals surface area contributed by atoms with Gasteiger partial charge in [0.25, 0.3) is 0 Å². The number of carbonyl (C=O) groups excluding carboxylic acids is 1. The van der Waals surface area contributed by atoms with E-state index in [-0.39, 0.29) is 6.04 Å². The zero-order valence-corrected chi connectivity index (χ0v) is 14.9. The number of fused-ring (bicyclic) bond motifs is 3. The number of nitrogens with one attached hydrogen (secondary N) is 2. The van der Waals surface area contributed by atoms with Crippen LogP contribution in [0.25, 0.3) is 10.9 Å². The number of rotatable bonds is 3. The lowest BCUT2D eigenvalue weighted by molar-refractivity contribution is -0.153. The van der Waals surface area contributed by atoms with Gasteiger partial charge < -0.3 is 10.3 Å². The first kappa shape index (κ1) is 18.4. The molecule has 3 rings (SSSR count). The van der Waals surface area contributed by atoms with Crippen molar-refractivity contribution in [2.24, 2.45) is 5.92 Å². The number of aryl methyl sites for hydroxylation is 1.